The van der Waals surface area contributed by atoms with Crippen LogP contribution >= 0.6 is 0 Å². The first-order chi connectivity index (χ1) is 10.3. The van der Waals surface area contributed by atoms with Gasteiger partial charge in [-0.1, -0.05) is 30.3 Å². The van der Waals surface area contributed by atoms with Crippen LogP contribution in [-0.2, 0) is 6.42 Å². The van der Waals surface area contributed by atoms with Crippen LogP contribution in [0.5, 0.6) is 5.75 Å². The number of rotatable bonds is 4. The van der Waals surface area contributed by atoms with Crippen molar-refractivity contribution in [2.24, 2.45) is 0 Å². The number of aliphatic hydroxyl groups is 1. The van der Waals surface area contributed by atoms with Crippen molar-refractivity contribution in [1.29, 1.82) is 0 Å². The summed E-state index contributed by atoms with van der Waals surface area (Å²) in [5.74, 6) is 0.718. The Kier molecular flexibility index (Phi) is 3.84. The summed E-state index contributed by atoms with van der Waals surface area (Å²) >= 11 is 0. The number of hydrogen-bond donors (Lipinski definition) is 1. The Labute approximate surface area is 123 Å². The van der Waals surface area contributed by atoms with Crippen LogP contribution in [0.4, 0.5) is 0 Å². The first kappa shape index (κ1) is 13.6. The fraction of sp³-hybridized carbons (Fsp3) is 0.167. The van der Waals surface area contributed by atoms with Crippen molar-refractivity contribution in [1.82, 2.24) is 4.98 Å². The molecule has 3 nitrogen and oxygen atoms in total. The molecule has 0 spiro atoms. The van der Waals surface area contributed by atoms with Gasteiger partial charge in [0.05, 0.1) is 13.2 Å². The Bertz CT molecular complexity index is 741. The van der Waals surface area contributed by atoms with Gasteiger partial charge in [-0.25, -0.2) is 0 Å². The van der Waals surface area contributed by atoms with Crippen LogP contribution in [0.1, 0.15) is 17.2 Å². The van der Waals surface area contributed by atoms with Gasteiger partial charge in [0.25, 0.3) is 0 Å². The fourth-order valence-electron chi connectivity index (χ4n) is 2.64. The van der Waals surface area contributed by atoms with Gasteiger partial charge in [0.1, 0.15) is 5.75 Å². The van der Waals surface area contributed by atoms with E-state index in [0.717, 1.165) is 27.6 Å². The first-order valence-corrected chi connectivity index (χ1v) is 6.92. The number of pyridine rings is 1. The monoisotopic (exact) mass is 279 g/mol. The third-order valence-electron chi connectivity index (χ3n) is 3.66. The molecule has 2 aromatic carbocycles. The largest absolute Gasteiger partial charge is 0.496 e. The molecule has 1 heterocycles. The molecule has 1 aromatic heterocycles. The first-order valence-electron chi connectivity index (χ1n) is 6.92. The van der Waals surface area contributed by atoms with Crippen molar-refractivity contribution in [3.05, 3.63) is 72.1 Å². The van der Waals surface area contributed by atoms with Crippen molar-refractivity contribution in [3.63, 3.8) is 0 Å². The van der Waals surface area contributed by atoms with E-state index >= 15 is 0 Å². The number of benzene rings is 2. The van der Waals surface area contributed by atoms with Gasteiger partial charge in [0.15, 0.2) is 0 Å². The Morgan fingerprint density at radius 1 is 1.05 bits per heavy atom. The average Bonchev–Trinajstić information content (AvgIpc) is 2.54. The second-order valence-electron chi connectivity index (χ2n) is 4.98. The number of methoxy groups -OCH3 is 1. The number of hydrogen-bond acceptors (Lipinski definition) is 3. The third-order valence-corrected chi connectivity index (χ3v) is 3.66. The molecule has 3 aromatic rings. The molecule has 21 heavy (non-hydrogen) atoms. The number of aliphatic hydroxyl groups excluding tert-OH is 1. The molecule has 3 rings (SSSR count). The second kappa shape index (κ2) is 5.94. The van der Waals surface area contributed by atoms with Crippen molar-refractivity contribution >= 4 is 10.8 Å². The van der Waals surface area contributed by atoms with Crippen LogP contribution in [0.25, 0.3) is 10.8 Å². The van der Waals surface area contributed by atoms with Gasteiger partial charge >= 0.3 is 0 Å². The number of fused-ring (bicyclic) bond motifs is 1. The van der Waals surface area contributed by atoms with E-state index in [4.69, 9.17) is 4.74 Å². The summed E-state index contributed by atoms with van der Waals surface area (Å²) in [4.78, 5) is 4.00. The summed E-state index contributed by atoms with van der Waals surface area (Å²) < 4.78 is 5.44. The van der Waals surface area contributed by atoms with Crippen molar-refractivity contribution in [2.45, 2.75) is 12.5 Å². The summed E-state index contributed by atoms with van der Waals surface area (Å²) in [6.07, 6.45) is 3.39. The number of nitrogens with zero attached hydrogens (tertiary/aromatic N) is 1. The lowest BCUT2D eigenvalue weighted by Crippen LogP contribution is -2.05. The van der Waals surface area contributed by atoms with E-state index in [1.807, 2.05) is 48.5 Å². The molecular weight excluding hydrogens is 262 g/mol. The maximum Gasteiger partial charge on any atom is 0.125 e. The van der Waals surface area contributed by atoms with Gasteiger partial charge in [-0.2, -0.15) is 0 Å². The van der Waals surface area contributed by atoms with E-state index in [0.29, 0.717) is 6.42 Å². The Hall–Kier alpha value is -2.39. The predicted octanol–water partition coefficient (Wildman–Crippen LogP) is 3.52. The SMILES string of the molecule is COc1ccc2ccccc2c1C(O)Cc1ccncc1. The van der Waals surface area contributed by atoms with Crippen LogP contribution in [0, 0.1) is 0 Å². The smallest absolute Gasteiger partial charge is 0.125 e. The number of ether oxygens (including phenoxy) is 1. The molecule has 3 heteroatoms. The lowest BCUT2D eigenvalue weighted by atomic mass is 9.95. The highest BCUT2D eigenvalue weighted by molar-refractivity contribution is 5.88. The highest BCUT2D eigenvalue weighted by Gasteiger charge is 2.17. The van der Waals surface area contributed by atoms with E-state index in [9.17, 15) is 5.11 Å². The van der Waals surface area contributed by atoms with E-state index in [2.05, 4.69) is 4.98 Å². The van der Waals surface area contributed by atoms with Gasteiger partial charge in [-0.15, -0.1) is 0 Å². The molecule has 0 amide bonds. The molecule has 1 atom stereocenters. The Morgan fingerprint density at radius 2 is 1.81 bits per heavy atom. The zero-order chi connectivity index (χ0) is 14.7. The average molecular weight is 279 g/mol. The molecule has 0 aliphatic rings. The standard InChI is InChI=1S/C18H17NO2/c1-21-17-7-6-14-4-2-3-5-15(14)18(17)16(20)12-13-8-10-19-11-9-13/h2-11,16,20H,12H2,1H3. The molecule has 0 saturated carbocycles. The van der Waals surface area contributed by atoms with Gasteiger partial charge in [-0.05, 0) is 34.5 Å². The maximum absolute atomic E-state index is 10.7. The summed E-state index contributed by atoms with van der Waals surface area (Å²) in [6.45, 7) is 0. The minimum atomic E-state index is -0.617. The highest BCUT2D eigenvalue weighted by atomic mass is 16.5. The molecule has 0 bridgehead atoms. The lowest BCUT2D eigenvalue weighted by Gasteiger charge is -2.17. The van der Waals surface area contributed by atoms with Crippen LogP contribution in [0.2, 0.25) is 0 Å². The highest BCUT2D eigenvalue weighted by Crippen LogP contribution is 2.34. The zero-order valence-electron chi connectivity index (χ0n) is 11.9. The van der Waals surface area contributed by atoms with E-state index < -0.39 is 6.10 Å². The summed E-state index contributed by atoms with van der Waals surface area (Å²) in [7, 11) is 1.63. The van der Waals surface area contributed by atoms with Crippen molar-refractivity contribution in [2.75, 3.05) is 7.11 Å². The quantitative estimate of drug-likeness (QED) is 0.794. The molecule has 0 fully saturated rings. The van der Waals surface area contributed by atoms with E-state index in [1.165, 1.54) is 0 Å². The Balaban J connectivity index is 2.05. The summed E-state index contributed by atoms with van der Waals surface area (Å²) in [5, 5.41) is 12.8. The van der Waals surface area contributed by atoms with Gasteiger partial charge in [-0.3, -0.25) is 4.98 Å². The maximum atomic E-state index is 10.7. The van der Waals surface area contributed by atoms with Gasteiger partial charge < -0.3 is 9.84 Å². The van der Waals surface area contributed by atoms with Gasteiger partial charge in [0, 0.05) is 24.4 Å². The molecule has 1 N–H and O–H groups in total. The van der Waals surface area contributed by atoms with Gasteiger partial charge in [0.2, 0.25) is 0 Å². The topological polar surface area (TPSA) is 42.4 Å². The third kappa shape index (κ3) is 2.73. The van der Waals surface area contributed by atoms with Crippen molar-refractivity contribution in [3.8, 4) is 5.75 Å². The molecule has 0 radical (unpaired) electrons. The van der Waals surface area contributed by atoms with E-state index in [1.54, 1.807) is 19.5 Å². The normalized spacial score (nSPS) is 12.3. The minimum Gasteiger partial charge on any atom is -0.496 e. The van der Waals surface area contributed by atoms with Crippen molar-refractivity contribution < 1.29 is 9.84 Å². The van der Waals surface area contributed by atoms with E-state index in [-0.39, 0.29) is 0 Å². The Morgan fingerprint density at radius 3 is 2.57 bits per heavy atom. The van der Waals surface area contributed by atoms with Crippen LogP contribution in [0.15, 0.2) is 60.9 Å². The number of aromatic nitrogens is 1. The second-order valence-corrected chi connectivity index (χ2v) is 4.98. The molecule has 0 aliphatic carbocycles. The molecule has 106 valence electrons. The molecule has 1 unspecified atom stereocenters. The molecule has 0 aliphatic heterocycles. The zero-order valence-corrected chi connectivity index (χ0v) is 11.9. The van der Waals surface area contributed by atoms with Crippen LogP contribution < -0.4 is 4.74 Å². The molecule has 0 saturated heterocycles. The molecular formula is C18H17NO2. The fourth-order valence-corrected chi connectivity index (χ4v) is 2.64. The minimum absolute atomic E-state index is 0.535. The van der Waals surface area contributed by atoms with Crippen LogP contribution in [-0.4, -0.2) is 17.2 Å². The van der Waals surface area contributed by atoms with Crippen LogP contribution in [0.3, 0.4) is 0 Å². The predicted molar refractivity (Wildman–Crippen MR) is 83.4 cm³/mol. The summed E-state index contributed by atoms with van der Waals surface area (Å²) in [6, 6.07) is 15.8. The lowest BCUT2D eigenvalue weighted by molar-refractivity contribution is 0.175. The summed E-state index contributed by atoms with van der Waals surface area (Å²) in [5.41, 5.74) is 1.89.